The van der Waals surface area contributed by atoms with Gasteiger partial charge in [0.2, 0.25) is 0 Å². The van der Waals surface area contributed by atoms with Crippen molar-refractivity contribution in [3.63, 3.8) is 0 Å². The average molecular weight is 373 g/mol. The first-order valence-corrected chi connectivity index (χ1v) is 8.70. The Balaban J connectivity index is 2.22. The van der Waals surface area contributed by atoms with Crippen LogP contribution in [0.4, 0.5) is 5.69 Å². The molecule has 0 saturated carbocycles. The Morgan fingerprint density at radius 1 is 1.07 bits per heavy atom. The molecule has 0 fully saturated rings. The lowest BCUT2D eigenvalue weighted by molar-refractivity contribution is 0.101. The van der Waals surface area contributed by atoms with Crippen LogP contribution in [-0.4, -0.2) is 42.8 Å². The summed E-state index contributed by atoms with van der Waals surface area (Å²) < 4.78 is 10.5. The van der Waals surface area contributed by atoms with Gasteiger partial charge in [-0.2, -0.15) is 0 Å². The van der Waals surface area contributed by atoms with Crippen molar-refractivity contribution < 1.29 is 24.8 Å². The van der Waals surface area contributed by atoms with Crippen molar-refractivity contribution in [1.82, 2.24) is 0 Å². The lowest BCUT2D eigenvalue weighted by atomic mass is 9.67. The van der Waals surface area contributed by atoms with Crippen molar-refractivity contribution in [3.8, 4) is 17.2 Å². The van der Waals surface area contributed by atoms with E-state index < -0.39 is 0 Å². The minimum absolute atomic E-state index is 0.0153. The van der Waals surface area contributed by atoms with Crippen molar-refractivity contribution in [2.75, 3.05) is 27.4 Å². The molecule has 0 aliphatic heterocycles. The molecule has 3 rings (SSSR count). The fourth-order valence-electron chi connectivity index (χ4n) is 4.03. The van der Waals surface area contributed by atoms with Crippen LogP contribution in [0.1, 0.15) is 22.6 Å². The Hall–Kier alpha value is -2.64. The van der Waals surface area contributed by atoms with Gasteiger partial charge in [0.05, 0.1) is 14.2 Å². The maximum absolute atomic E-state index is 11.3. The van der Waals surface area contributed by atoms with Crippen LogP contribution in [0.15, 0.2) is 35.5 Å². The number of hydrogen-bond donors (Lipinski definition) is 3. The summed E-state index contributed by atoms with van der Waals surface area (Å²) in [6.07, 6.45) is 0.554. The van der Waals surface area contributed by atoms with Crippen molar-refractivity contribution in [2.45, 2.75) is 12.3 Å². The molecular weight excluding hydrogens is 350 g/mol. The van der Waals surface area contributed by atoms with Crippen molar-refractivity contribution in [1.29, 1.82) is 0 Å². The molecule has 1 aliphatic carbocycles. The number of nitrogens with zero attached hydrogens (tertiary/aromatic N) is 1. The van der Waals surface area contributed by atoms with E-state index in [2.05, 4.69) is 5.18 Å². The van der Waals surface area contributed by atoms with Gasteiger partial charge < -0.3 is 24.8 Å². The highest BCUT2D eigenvalue weighted by Gasteiger charge is 2.38. The quantitative estimate of drug-likeness (QED) is 0.672. The lowest BCUT2D eigenvalue weighted by Gasteiger charge is -2.38. The third kappa shape index (κ3) is 3.36. The molecule has 2 unspecified atom stereocenters. The molecule has 3 atom stereocenters. The van der Waals surface area contributed by atoms with E-state index in [0.29, 0.717) is 17.9 Å². The van der Waals surface area contributed by atoms with Crippen LogP contribution in [0.5, 0.6) is 17.2 Å². The second-order valence-electron chi connectivity index (χ2n) is 6.72. The number of methoxy groups -OCH3 is 2. The van der Waals surface area contributed by atoms with Gasteiger partial charge in [-0.3, -0.25) is 0 Å². The summed E-state index contributed by atoms with van der Waals surface area (Å²) in [4.78, 5) is 11.3. The van der Waals surface area contributed by atoms with Crippen LogP contribution in [0.2, 0.25) is 0 Å². The SMILES string of the molecule is COc1cc(C2c3cc(N=O)c(OC)cc3CC(CO)[C@@H]2CO)ccc1O. The number of fused-ring (bicyclic) bond motifs is 1. The molecule has 0 amide bonds. The van der Waals surface area contributed by atoms with Gasteiger partial charge in [-0.25, -0.2) is 0 Å². The summed E-state index contributed by atoms with van der Waals surface area (Å²) >= 11 is 0. The van der Waals surface area contributed by atoms with Gasteiger partial charge in [-0.05, 0) is 64.4 Å². The summed E-state index contributed by atoms with van der Waals surface area (Å²) in [5, 5.41) is 32.9. The summed E-state index contributed by atoms with van der Waals surface area (Å²) in [6.45, 7) is -0.208. The van der Waals surface area contributed by atoms with Crippen LogP contribution < -0.4 is 9.47 Å². The van der Waals surface area contributed by atoms with Crippen molar-refractivity contribution in [3.05, 3.63) is 51.9 Å². The van der Waals surface area contributed by atoms with Gasteiger partial charge in [0.25, 0.3) is 0 Å². The van der Waals surface area contributed by atoms with E-state index in [4.69, 9.17) is 9.47 Å². The number of aliphatic hydroxyl groups is 2. The number of nitroso groups, excluding NO2 is 1. The number of phenols is 1. The van der Waals surface area contributed by atoms with Gasteiger partial charge >= 0.3 is 0 Å². The Morgan fingerprint density at radius 3 is 2.41 bits per heavy atom. The highest BCUT2D eigenvalue weighted by Crippen LogP contribution is 2.48. The van der Waals surface area contributed by atoms with E-state index in [1.54, 1.807) is 24.3 Å². The summed E-state index contributed by atoms with van der Waals surface area (Å²) in [5.41, 5.74) is 2.78. The predicted molar refractivity (Wildman–Crippen MR) is 99.8 cm³/mol. The van der Waals surface area contributed by atoms with Gasteiger partial charge in [-0.1, -0.05) is 6.07 Å². The number of benzene rings is 2. The van der Waals surface area contributed by atoms with Gasteiger partial charge in [-0.15, -0.1) is 4.91 Å². The number of hydrogen-bond acceptors (Lipinski definition) is 7. The molecule has 0 spiro atoms. The Kier molecular flexibility index (Phi) is 5.62. The molecule has 27 heavy (non-hydrogen) atoms. The second-order valence-corrected chi connectivity index (χ2v) is 6.72. The number of aromatic hydroxyl groups is 1. The molecule has 7 nitrogen and oxygen atoms in total. The summed E-state index contributed by atoms with van der Waals surface area (Å²) in [7, 11) is 2.94. The fraction of sp³-hybridized carbons (Fsp3) is 0.400. The number of ether oxygens (including phenoxy) is 2. The van der Waals surface area contributed by atoms with E-state index in [9.17, 15) is 20.2 Å². The Bertz CT molecular complexity index is 837. The number of phenolic OH excluding ortho intramolecular Hbond substituents is 1. The molecule has 2 aromatic carbocycles. The highest BCUT2D eigenvalue weighted by atomic mass is 16.5. The van der Waals surface area contributed by atoms with Crippen LogP contribution in [-0.2, 0) is 6.42 Å². The molecule has 1 aliphatic rings. The van der Waals surface area contributed by atoms with Crippen LogP contribution in [0.25, 0.3) is 0 Å². The molecule has 0 saturated heterocycles. The summed E-state index contributed by atoms with van der Waals surface area (Å²) in [6, 6.07) is 8.46. The van der Waals surface area contributed by atoms with E-state index >= 15 is 0 Å². The van der Waals surface area contributed by atoms with E-state index in [1.807, 2.05) is 0 Å². The maximum Gasteiger partial charge on any atom is 0.160 e. The van der Waals surface area contributed by atoms with E-state index in [1.165, 1.54) is 20.3 Å². The molecule has 144 valence electrons. The summed E-state index contributed by atoms with van der Waals surface area (Å²) in [5.74, 6) is -0.000881. The minimum Gasteiger partial charge on any atom is -0.504 e. The Labute approximate surface area is 157 Å². The van der Waals surface area contributed by atoms with Crippen LogP contribution in [0, 0.1) is 16.7 Å². The molecule has 7 heteroatoms. The first kappa shape index (κ1) is 19.1. The van der Waals surface area contributed by atoms with Crippen LogP contribution in [0.3, 0.4) is 0 Å². The molecule has 0 aromatic heterocycles. The smallest absolute Gasteiger partial charge is 0.160 e. The topological polar surface area (TPSA) is 109 Å². The second kappa shape index (κ2) is 7.94. The normalized spacial score (nSPS) is 21.4. The van der Waals surface area contributed by atoms with Crippen molar-refractivity contribution in [2.24, 2.45) is 17.0 Å². The van der Waals surface area contributed by atoms with Crippen molar-refractivity contribution >= 4 is 5.69 Å². The molecule has 0 heterocycles. The zero-order chi connectivity index (χ0) is 19.6. The third-order valence-electron chi connectivity index (χ3n) is 5.40. The van der Waals surface area contributed by atoms with E-state index in [-0.39, 0.29) is 42.4 Å². The molecular formula is C20H23NO6. The van der Waals surface area contributed by atoms with Gasteiger partial charge in [0.15, 0.2) is 11.5 Å². The standard InChI is InChI=1S/C20H23NO6/c1-26-18-7-12-5-13(9-22)15(10-23)20(14(12)8-16(18)21-25)11-3-4-17(24)19(6-11)27-2/h3-4,6-8,13,15,20,22-24H,5,9-10H2,1-2H3/t13?,15-,20?/m0/s1. The minimum atomic E-state index is -0.295. The molecule has 0 radical (unpaired) electrons. The molecule has 0 bridgehead atoms. The van der Waals surface area contributed by atoms with E-state index in [0.717, 1.165) is 16.7 Å². The largest absolute Gasteiger partial charge is 0.504 e. The fourth-order valence-corrected chi connectivity index (χ4v) is 4.03. The lowest BCUT2D eigenvalue weighted by Crippen LogP contribution is -2.35. The first-order chi connectivity index (χ1) is 13.1. The molecule has 3 N–H and O–H groups in total. The number of aliphatic hydroxyl groups excluding tert-OH is 2. The monoisotopic (exact) mass is 373 g/mol. The average Bonchev–Trinajstić information content (AvgIpc) is 2.71. The Morgan fingerprint density at radius 2 is 1.81 bits per heavy atom. The number of rotatable bonds is 6. The predicted octanol–water partition coefficient (Wildman–Crippen LogP) is 2.71. The van der Waals surface area contributed by atoms with Crippen LogP contribution >= 0.6 is 0 Å². The first-order valence-electron chi connectivity index (χ1n) is 8.70. The zero-order valence-electron chi connectivity index (χ0n) is 15.3. The van der Waals surface area contributed by atoms with Gasteiger partial charge in [0, 0.05) is 19.1 Å². The zero-order valence-corrected chi connectivity index (χ0v) is 15.3. The maximum atomic E-state index is 11.3. The third-order valence-corrected chi connectivity index (χ3v) is 5.40. The molecule has 2 aromatic rings. The van der Waals surface area contributed by atoms with Gasteiger partial charge in [0.1, 0.15) is 11.4 Å². The highest BCUT2D eigenvalue weighted by molar-refractivity contribution is 5.60.